The number of aliphatic carboxylic acids is 2. The van der Waals surface area contributed by atoms with E-state index in [4.69, 9.17) is 15.9 Å². The van der Waals surface area contributed by atoms with Gasteiger partial charge in [0.2, 0.25) is 0 Å². The Labute approximate surface area is 68.7 Å². The smallest absolute Gasteiger partial charge is 0.321 e. The zero-order valence-corrected chi connectivity index (χ0v) is 6.30. The minimum atomic E-state index is -1.29. The molecule has 0 aromatic rings. The van der Waals surface area contributed by atoms with E-state index in [1.54, 1.807) is 0 Å². The Morgan fingerprint density at radius 3 is 1.82 bits per heavy atom. The molecule has 0 heterocycles. The molecule has 0 radical (unpaired) electrons. The predicted molar refractivity (Wildman–Crippen MR) is 38.7 cm³/mol. The number of carboxylic acids is 2. The summed E-state index contributed by atoms with van der Waals surface area (Å²) in [6.07, 6.45) is -0.532. The first kappa shape index (κ1) is 16.6. The van der Waals surface area contributed by atoms with Gasteiger partial charge in [-0.15, -0.1) is 12.4 Å². The Bertz CT molecular complexity index is 138. The van der Waals surface area contributed by atoms with E-state index in [2.05, 4.69) is 0 Å². The number of nitrogens with two attached hydrogens (primary N) is 1. The lowest BCUT2D eigenvalue weighted by molar-refractivity contribution is -0.144. The second-order valence-corrected chi connectivity index (χ2v) is 1.54. The molecule has 0 aromatic heterocycles. The van der Waals surface area contributed by atoms with Crippen molar-refractivity contribution in [3.8, 4) is 0 Å². The van der Waals surface area contributed by atoms with Crippen LogP contribution in [-0.2, 0) is 9.59 Å². The van der Waals surface area contributed by atoms with E-state index < -0.39 is 24.4 Å². The van der Waals surface area contributed by atoms with Gasteiger partial charge in [-0.05, 0) is 0 Å². The average Bonchev–Trinajstić information content (AvgIpc) is 1.63. The van der Waals surface area contributed by atoms with Crippen molar-refractivity contribution in [3.63, 3.8) is 0 Å². The number of carboxylic acid groups (broad SMARTS) is 2. The van der Waals surface area contributed by atoms with Crippen LogP contribution in [-0.4, -0.2) is 33.7 Å². The van der Waals surface area contributed by atoms with E-state index in [-0.39, 0.29) is 17.9 Å². The molecule has 0 rings (SSSR count). The van der Waals surface area contributed by atoms with Crippen molar-refractivity contribution in [2.24, 2.45) is 5.73 Å². The summed E-state index contributed by atoms with van der Waals surface area (Å²) in [6.45, 7) is 0. The van der Waals surface area contributed by atoms with E-state index in [1.807, 2.05) is 0 Å². The Hall–Kier alpha value is -0.850. The van der Waals surface area contributed by atoms with Crippen LogP contribution in [0.1, 0.15) is 6.42 Å². The van der Waals surface area contributed by atoms with Gasteiger partial charge in [-0.3, -0.25) is 9.59 Å². The third-order valence-electron chi connectivity index (χ3n) is 0.712. The van der Waals surface area contributed by atoms with Crippen molar-refractivity contribution < 1.29 is 25.3 Å². The molecule has 0 unspecified atom stereocenters. The molecule has 0 aliphatic heterocycles. The maximum absolute atomic E-state index is 9.85. The molecule has 0 saturated heterocycles. The molecule has 6 N–H and O–H groups in total. The first-order valence-corrected chi connectivity index (χ1v) is 2.24. The molecule has 1 atom stereocenters. The first-order chi connectivity index (χ1) is 4.04. The SMILES string of the molecule is Cl.N[C@@H](CC(=O)O)C(=O)O.O. The number of hydrogen-bond acceptors (Lipinski definition) is 3. The molecular formula is C4H10ClNO5. The monoisotopic (exact) mass is 187 g/mol. The highest BCUT2D eigenvalue weighted by molar-refractivity contribution is 5.85. The Kier molecular flexibility index (Phi) is 11.0. The van der Waals surface area contributed by atoms with E-state index in [9.17, 15) is 9.59 Å². The minimum Gasteiger partial charge on any atom is -0.481 e. The number of rotatable bonds is 3. The standard InChI is InChI=1S/C4H7NO4.ClH.H2O/c5-2(4(8)9)1-3(6)7;;/h2H,1,5H2,(H,6,7)(H,8,9);1H;1H2/t2-;;/m0../s1. The van der Waals surface area contributed by atoms with Crippen LogP contribution in [0.2, 0.25) is 0 Å². The van der Waals surface area contributed by atoms with Gasteiger partial charge in [0, 0.05) is 0 Å². The fourth-order valence-corrected chi connectivity index (χ4v) is 0.275. The summed E-state index contributed by atoms with van der Waals surface area (Å²) in [7, 11) is 0. The molecule has 0 aliphatic rings. The van der Waals surface area contributed by atoms with E-state index in [0.29, 0.717) is 0 Å². The Morgan fingerprint density at radius 2 is 1.73 bits per heavy atom. The number of carbonyl (C=O) groups is 2. The van der Waals surface area contributed by atoms with Gasteiger partial charge < -0.3 is 21.4 Å². The van der Waals surface area contributed by atoms with Crippen molar-refractivity contribution >= 4 is 24.3 Å². The fraction of sp³-hybridized carbons (Fsp3) is 0.500. The Morgan fingerprint density at radius 1 is 1.36 bits per heavy atom. The summed E-state index contributed by atoms with van der Waals surface area (Å²) in [5.41, 5.74) is 4.84. The maximum atomic E-state index is 9.85. The zero-order chi connectivity index (χ0) is 7.44. The van der Waals surface area contributed by atoms with E-state index in [1.165, 1.54) is 0 Å². The van der Waals surface area contributed by atoms with E-state index in [0.717, 1.165) is 0 Å². The van der Waals surface area contributed by atoms with Crippen molar-refractivity contribution in [1.29, 1.82) is 0 Å². The minimum absolute atomic E-state index is 0. The van der Waals surface area contributed by atoms with Crippen LogP contribution in [0, 0.1) is 0 Å². The van der Waals surface area contributed by atoms with Crippen molar-refractivity contribution in [2.75, 3.05) is 0 Å². The fourth-order valence-electron chi connectivity index (χ4n) is 0.275. The summed E-state index contributed by atoms with van der Waals surface area (Å²) in [6, 6.07) is -1.29. The normalized spacial score (nSPS) is 10.3. The quantitative estimate of drug-likeness (QED) is 0.493. The third-order valence-corrected chi connectivity index (χ3v) is 0.712. The highest BCUT2D eigenvalue weighted by Gasteiger charge is 2.14. The van der Waals surface area contributed by atoms with Crippen LogP contribution in [0.4, 0.5) is 0 Å². The third kappa shape index (κ3) is 9.15. The summed E-state index contributed by atoms with van der Waals surface area (Å²) < 4.78 is 0. The molecule has 0 aromatic carbocycles. The van der Waals surface area contributed by atoms with Gasteiger partial charge in [-0.2, -0.15) is 0 Å². The molecule has 68 valence electrons. The molecule has 0 amide bonds. The summed E-state index contributed by atoms with van der Waals surface area (Å²) in [5, 5.41) is 16.0. The lowest BCUT2D eigenvalue weighted by atomic mass is 10.2. The second kappa shape index (κ2) is 7.26. The van der Waals surface area contributed by atoms with Crippen LogP contribution in [0.5, 0.6) is 0 Å². The van der Waals surface area contributed by atoms with Gasteiger partial charge in [0.15, 0.2) is 0 Å². The molecule has 0 aliphatic carbocycles. The lowest BCUT2D eigenvalue weighted by Crippen LogP contribution is -2.32. The van der Waals surface area contributed by atoms with Crippen LogP contribution in [0.25, 0.3) is 0 Å². The summed E-state index contributed by atoms with van der Waals surface area (Å²) >= 11 is 0. The van der Waals surface area contributed by atoms with E-state index >= 15 is 0 Å². The molecule has 0 spiro atoms. The lowest BCUT2D eigenvalue weighted by Gasteiger charge is -1.99. The molecular weight excluding hydrogens is 177 g/mol. The number of halogens is 1. The summed E-state index contributed by atoms with van der Waals surface area (Å²) in [5.74, 6) is -2.50. The van der Waals surface area contributed by atoms with Gasteiger partial charge in [0.25, 0.3) is 0 Å². The van der Waals surface area contributed by atoms with Crippen LogP contribution >= 0.6 is 12.4 Å². The van der Waals surface area contributed by atoms with Crippen LogP contribution in [0.15, 0.2) is 0 Å². The predicted octanol–water partition coefficient (Wildman–Crippen LogP) is -1.53. The maximum Gasteiger partial charge on any atom is 0.321 e. The van der Waals surface area contributed by atoms with Gasteiger partial charge in [0.1, 0.15) is 6.04 Å². The molecule has 0 fully saturated rings. The number of hydrogen-bond donors (Lipinski definition) is 3. The summed E-state index contributed by atoms with van der Waals surface area (Å²) in [4.78, 5) is 19.6. The molecule has 0 saturated carbocycles. The topological polar surface area (TPSA) is 132 Å². The van der Waals surface area contributed by atoms with Crippen molar-refractivity contribution in [2.45, 2.75) is 12.5 Å². The first-order valence-electron chi connectivity index (χ1n) is 2.24. The largest absolute Gasteiger partial charge is 0.481 e. The molecule has 6 nitrogen and oxygen atoms in total. The van der Waals surface area contributed by atoms with Crippen LogP contribution < -0.4 is 5.73 Å². The van der Waals surface area contributed by atoms with Crippen LogP contribution in [0.3, 0.4) is 0 Å². The van der Waals surface area contributed by atoms with Gasteiger partial charge >= 0.3 is 11.9 Å². The molecule has 0 bridgehead atoms. The Balaban J connectivity index is -0.000000320. The average molecular weight is 188 g/mol. The molecule has 7 heteroatoms. The van der Waals surface area contributed by atoms with Gasteiger partial charge in [-0.1, -0.05) is 0 Å². The van der Waals surface area contributed by atoms with Gasteiger partial charge in [0.05, 0.1) is 6.42 Å². The zero-order valence-electron chi connectivity index (χ0n) is 5.48. The highest BCUT2D eigenvalue weighted by atomic mass is 35.5. The second-order valence-electron chi connectivity index (χ2n) is 1.54. The highest BCUT2D eigenvalue weighted by Crippen LogP contribution is 1.86. The van der Waals surface area contributed by atoms with Crippen molar-refractivity contribution in [1.82, 2.24) is 0 Å². The molecule has 11 heavy (non-hydrogen) atoms. The van der Waals surface area contributed by atoms with Gasteiger partial charge in [-0.25, -0.2) is 0 Å². The van der Waals surface area contributed by atoms with Crippen molar-refractivity contribution in [3.05, 3.63) is 0 Å².